The standard InChI is InChI=1S/C12H16O4/c1-9(12(13)15-3)16-11-6-4-5-10(7-11)8-14-2/h4-7,9H,8H2,1-3H3/t9-/m0/s1. The highest BCUT2D eigenvalue weighted by Gasteiger charge is 2.14. The number of hydrogen-bond acceptors (Lipinski definition) is 4. The molecule has 0 saturated heterocycles. The zero-order chi connectivity index (χ0) is 12.0. The highest BCUT2D eigenvalue weighted by molar-refractivity contribution is 5.74. The normalized spacial score (nSPS) is 11.9. The van der Waals surface area contributed by atoms with Gasteiger partial charge in [-0.05, 0) is 24.6 Å². The van der Waals surface area contributed by atoms with Crippen LogP contribution in [0.3, 0.4) is 0 Å². The molecule has 0 N–H and O–H groups in total. The van der Waals surface area contributed by atoms with E-state index in [4.69, 9.17) is 9.47 Å². The summed E-state index contributed by atoms with van der Waals surface area (Å²) in [7, 11) is 2.97. The minimum atomic E-state index is -0.609. The predicted octanol–water partition coefficient (Wildman–Crippen LogP) is 1.77. The number of ether oxygens (including phenoxy) is 3. The van der Waals surface area contributed by atoms with Gasteiger partial charge in [-0.1, -0.05) is 12.1 Å². The minimum Gasteiger partial charge on any atom is -0.479 e. The van der Waals surface area contributed by atoms with Gasteiger partial charge in [0.2, 0.25) is 0 Å². The van der Waals surface area contributed by atoms with Crippen LogP contribution in [0.2, 0.25) is 0 Å². The van der Waals surface area contributed by atoms with Gasteiger partial charge in [-0.2, -0.15) is 0 Å². The molecule has 88 valence electrons. The van der Waals surface area contributed by atoms with E-state index in [2.05, 4.69) is 4.74 Å². The van der Waals surface area contributed by atoms with Gasteiger partial charge in [-0.3, -0.25) is 0 Å². The van der Waals surface area contributed by atoms with Crippen molar-refractivity contribution in [1.82, 2.24) is 0 Å². The van der Waals surface area contributed by atoms with E-state index >= 15 is 0 Å². The summed E-state index contributed by atoms with van der Waals surface area (Å²) in [6, 6.07) is 7.41. The van der Waals surface area contributed by atoms with Crippen molar-refractivity contribution in [3.63, 3.8) is 0 Å². The third-order valence-corrected chi connectivity index (χ3v) is 2.06. The molecule has 1 atom stereocenters. The highest BCUT2D eigenvalue weighted by atomic mass is 16.6. The second-order valence-electron chi connectivity index (χ2n) is 3.36. The molecule has 0 saturated carbocycles. The lowest BCUT2D eigenvalue weighted by Gasteiger charge is -2.12. The van der Waals surface area contributed by atoms with Crippen LogP contribution in [0.5, 0.6) is 5.75 Å². The summed E-state index contributed by atoms with van der Waals surface area (Å²) in [5, 5.41) is 0. The third-order valence-electron chi connectivity index (χ3n) is 2.06. The summed E-state index contributed by atoms with van der Waals surface area (Å²) in [4.78, 5) is 11.2. The number of hydrogen-bond donors (Lipinski definition) is 0. The molecule has 0 spiro atoms. The molecule has 0 radical (unpaired) electrons. The molecule has 0 aliphatic carbocycles. The van der Waals surface area contributed by atoms with E-state index in [1.807, 2.05) is 18.2 Å². The van der Waals surface area contributed by atoms with Crippen molar-refractivity contribution in [2.45, 2.75) is 19.6 Å². The molecule has 0 aliphatic rings. The van der Waals surface area contributed by atoms with E-state index in [1.54, 1.807) is 20.1 Å². The van der Waals surface area contributed by atoms with Crippen LogP contribution in [0.25, 0.3) is 0 Å². The summed E-state index contributed by atoms with van der Waals surface area (Å²) in [6.07, 6.45) is -0.609. The zero-order valence-electron chi connectivity index (χ0n) is 9.73. The molecule has 0 bridgehead atoms. The van der Waals surface area contributed by atoms with E-state index in [1.165, 1.54) is 7.11 Å². The molecule has 1 aromatic rings. The summed E-state index contributed by atoms with van der Waals surface area (Å²) >= 11 is 0. The molecule has 0 amide bonds. The summed E-state index contributed by atoms with van der Waals surface area (Å²) in [5.74, 6) is 0.240. The number of carbonyl (C=O) groups is 1. The fourth-order valence-corrected chi connectivity index (χ4v) is 1.29. The Kier molecular flexibility index (Phi) is 4.79. The van der Waals surface area contributed by atoms with Crippen LogP contribution < -0.4 is 4.74 Å². The van der Waals surface area contributed by atoms with Gasteiger partial charge in [0.05, 0.1) is 13.7 Å². The SMILES string of the molecule is COCc1cccc(O[C@@H](C)C(=O)OC)c1. The molecule has 0 unspecified atom stereocenters. The molecule has 0 heterocycles. The van der Waals surface area contributed by atoms with Gasteiger partial charge in [0.25, 0.3) is 0 Å². The fraction of sp³-hybridized carbons (Fsp3) is 0.417. The second kappa shape index (κ2) is 6.12. The van der Waals surface area contributed by atoms with Crippen LogP contribution in [0.4, 0.5) is 0 Å². The molecule has 4 nitrogen and oxygen atoms in total. The first kappa shape index (κ1) is 12.5. The van der Waals surface area contributed by atoms with E-state index in [9.17, 15) is 4.79 Å². The maximum Gasteiger partial charge on any atom is 0.346 e. The zero-order valence-corrected chi connectivity index (χ0v) is 9.73. The van der Waals surface area contributed by atoms with Gasteiger partial charge < -0.3 is 14.2 Å². The summed E-state index contributed by atoms with van der Waals surface area (Å²) in [5.41, 5.74) is 0.997. The Morgan fingerprint density at radius 2 is 2.12 bits per heavy atom. The van der Waals surface area contributed by atoms with Crippen molar-refractivity contribution in [1.29, 1.82) is 0 Å². The average molecular weight is 224 g/mol. The second-order valence-corrected chi connectivity index (χ2v) is 3.36. The molecule has 0 aromatic heterocycles. The lowest BCUT2D eigenvalue weighted by Crippen LogP contribution is -2.24. The van der Waals surface area contributed by atoms with Gasteiger partial charge in [0, 0.05) is 7.11 Å². The largest absolute Gasteiger partial charge is 0.479 e. The van der Waals surface area contributed by atoms with Crippen molar-refractivity contribution in [2.75, 3.05) is 14.2 Å². The van der Waals surface area contributed by atoms with Crippen LogP contribution in [0, 0.1) is 0 Å². The maximum atomic E-state index is 11.2. The van der Waals surface area contributed by atoms with Crippen molar-refractivity contribution < 1.29 is 19.0 Å². The fourth-order valence-electron chi connectivity index (χ4n) is 1.29. The van der Waals surface area contributed by atoms with Crippen LogP contribution in [0.15, 0.2) is 24.3 Å². The third kappa shape index (κ3) is 3.55. The first-order chi connectivity index (χ1) is 7.67. The monoisotopic (exact) mass is 224 g/mol. The number of carbonyl (C=O) groups excluding carboxylic acids is 1. The van der Waals surface area contributed by atoms with Crippen LogP contribution in [0.1, 0.15) is 12.5 Å². The molecule has 4 heteroatoms. The van der Waals surface area contributed by atoms with Crippen molar-refractivity contribution in [3.05, 3.63) is 29.8 Å². The van der Waals surface area contributed by atoms with E-state index < -0.39 is 12.1 Å². The van der Waals surface area contributed by atoms with Gasteiger partial charge in [-0.15, -0.1) is 0 Å². The lowest BCUT2D eigenvalue weighted by molar-refractivity contribution is -0.147. The van der Waals surface area contributed by atoms with Gasteiger partial charge >= 0.3 is 5.97 Å². The summed E-state index contributed by atoms with van der Waals surface area (Å²) in [6.45, 7) is 2.17. The molecule has 1 rings (SSSR count). The average Bonchev–Trinajstić information content (AvgIpc) is 2.29. The quantitative estimate of drug-likeness (QED) is 0.715. The Labute approximate surface area is 95.1 Å². The number of rotatable bonds is 5. The first-order valence-corrected chi connectivity index (χ1v) is 4.99. The Hall–Kier alpha value is -1.55. The Balaban J connectivity index is 2.66. The van der Waals surface area contributed by atoms with Crippen LogP contribution in [-0.4, -0.2) is 26.3 Å². The predicted molar refractivity (Wildman–Crippen MR) is 59.3 cm³/mol. The van der Waals surface area contributed by atoms with Gasteiger partial charge in [-0.25, -0.2) is 4.79 Å². The molecule has 0 aliphatic heterocycles. The number of benzene rings is 1. The Bertz CT molecular complexity index is 349. The van der Waals surface area contributed by atoms with Gasteiger partial charge in [0.15, 0.2) is 6.10 Å². The molecule has 0 fully saturated rings. The Morgan fingerprint density at radius 1 is 1.38 bits per heavy atom. The van der Waals surface area contributed by atoms with Gasteiger partial charge in [0.1, 0.15) is 5.75 Å². The van der Waals surface area contributed by atoms with Crippen molar-refractivity contribution >= 4 is 5.97 Å². The Morgan fingerprint density at radius 3 is 2.75 bits per heavy atom. The minimum absolute atomic E-state index is 0.392. The molecule has 1 aromatic carbocycles. The number of esters is 1. The topological polar surface area (TPSA) is 44.8 Å². The van der Waals surface area contributed by atoms with Crippen molar-refractivity contribution in [3.8, 4) is 5.75 Å². The van der Waals surface area contributed by atoms with E-state index in [-0.39, 0.29) is 0 Å². The maximum absolute atomic E-state index is 11.2. The van der Waals surface area contributed by atoms with Crippen molar-refractivity contribution in [2.24, 2.45) is 0 Å². The lowest BCUT2D eigenvalue weighted by atomic mass is 10.2. The highest BCUT2D eigenvalue weighted by Crippen LogP contribution is 2.15. The molecular formula is C12H16O4. The molecule has 16 heavy (non-hydrogen) atoms. The summed E-state index contributed by atoms with van der Waals surface area (Å²) < 4.78 is 15.0. The molecular weight excluding hydrogens is 208 g/mol. The van der Waals surface area contributed by atoms with E-state index in [0.29, 0.717) is 12.4 Å². The van der Waals surface area contributed by atoms with E-state index in [0.717, 1.165) is 5.56 Å². The van der Waals surface area contributed by atoms with Crippen LogP contribution in [-0.2, 0) is 20.9 Å². The first-order valence-electron chi connectivity index (χ1n) is 4.99. The smallest absolute Gasteiger partial charge is 0.346 e. The number of methoxy groups -OCH3 is 2. The van der Waals surface area contributed by atoms with Crippen LogP contribution >= 0.6 is 0 Å².